The van der Waals surface area contributed by atoms with Gasteiger partial charge >= 0.3 is 0 Å². The van der Waals surface area contributed by atoms with Gasteiger partial charge in [0.05, 0.1) is 6.10 Å². The summed E-state index contributed by atoms with van der Waals surface area (Å²) in [6.45, 7) is 6.42. The van der Waals surface area contributed by atoms with Crippen LogP contribution in [0.4, 0.5) is 0 Å². The molecule has 0 radical (unpaired) electrons. The van der Waals surface area contributed by atoms with Gasteiger partial charge in [0.15, 0.2) is 0 Å². The highest BCUT2D eigenvalue weighted by atomic mass is 16.3. The topological polar surface area (TPSA) is 43.7 Å². The van der Waals surface area contributed by atoms with Gasteiger partial charge in [0.2, 0.25) is 0 Å². The lowest BCUT2D eigenvalue weighted by molar-refractivity contribution is -0.0187. The highest BCUT2D eigenvalue weighted by Crippen LogP contribution is 2.26. The number of nitrogens with zero attached hydrogens (tertiary/aromatic N) is 1. The molecule has 0 bridgehead atoms. The first-order valence-corrected chi connectivity index (χ1v) is 7.21. The van der Waals surface area contributed by atoms with Crippen molar-refractivity contribution in [3.63, 3.8) is 0 Å². The van der Waals surface area contributed by atoms with E-state index in [2.05, 4.69) is 18.7 Å². The molecule has 1 fully saturated rings. The van der Waals surface area contributed by atoms with Gasteiger partial charge < -0.3 is 10.2 Å². The molecule has 106 valence electrons. The van der Waals surface area contributed by atoms with Crippen LogP contribution in [0.1, 0.15) is 38.7 Å². The van der Waals surface area contributed by atoms with Crippen molar-refractivity contribution in [1.82, 2.24) is 4.90 Å². The summed E-state index contributed by atoms with van der Waals surface area (Å²) in [5.41, 5.74) is 0.869. The largest absolute Gasteiger partial charge is 0.508 e. The van der Waals surface area contributed by atoms with Crippen molar-refractivity contribution < 1.29 is 10.2 Å². The van der Waals surface area contributed by atoms with Gasteiger partial charge in [-0.3, -0.25) is 4.90 Å². The number of piperidine rings is 1. The molecule has 3 heteroatoms. The minimum absolute atomic E-state index is 0.196. The second kappa shape index (κ2) is 5.93. The first-order valence-electron chi connectivity index (χ1n) is 7.21. The molecule has 2 N–H and O–H groups in total. The van der Waals surface area contributed by atoms with Crippen LogP contribution in [0.3, 0.4) is 0 Å². The molecule has 1 aliphatic rings. The Balaban J connectivity index is 2.00. The Morgan fingerprint density at radius 2 is 1.68 bits per heavy atom. The number of aliphatic hydroxyl groups is 1. The van der Waals surface area contributed by atoms with Crippen LogP contribution in [0.5, 0.6) is 5.75 Å². The Morgan fingerprint density at radius 3 is 2.26 bits per heavy atom. The predicted octanol–water partition coefficient (Wildman–Crippen LogP) is 2.56. The minimum atomic E-state index is -0.393. The molecule has 3 nitrogen and oxygen atoms in total. The SMILES string of the molecule is CC(C)(C(O)Cc1ccc(O)cc1)N1CCCCC1. The van der Waals surface area contributed by atoms with Crippen LogP contribution >= 0.6 is 0 Å². The van der Waals surface area contributed by atoms with E-state index < -0.39 is 6.10 Å². The first-order chi connectivity index (χ1) is 9.00. The molecule has 1 aromatic rings. The summed E-state index contributed by atoms with van der Waals surface area (Å²) in [5, 5.41) is 19.8. The first kappa shape index (κ1) is 14.4. The Kier molecular flexibility index (Phi) is 4.48. The molecule has 19 heavy (non-hydrogen) atoms. The Labute approximate surface area is 115 Å². The number of benzene rings is 1. The van der Waals surface area contributed by atoms with Crippen molar-refractivity contribution in [2.45, 2.75) is 51.2 Å². The Morgan fingerprint density at radius 1 is 1.11 bits per heavy atom. The molecule has 1 saturated heterocycles. The van der Waals surface area contributed by atoms with Crippen LogP contribution in [-0.4, -0.2) is 39.8 Å². The number of aromatic hydroxyl groups is 1. The van der Waals surface area contributed by atoms with E-state index in [0.717, 1.165) is 18.7 Å². The van der Waals surface area contributed by atoms with Crippen molar-refractivity contribution in [2.24, 2.45) is 0 Å². The van der Waals surface area contributed by atoms with E-state index in [1.165, 1.54) is 19.3 Å². The van der Waals surface area contributed by atoms with Gasteiger partial charge in [-0.25, -0.2) is 0 Å². The van der Waals surface area contributed by atoms with Crippen molar-refractivity contribution in [1.29, 1.82) is 0 Å². The third-order valence-electron chi connectivity index (χ3n) is 4.35. The van der Waals surface area contributed by atoms with Gasteiger partial charge in [0.1, 0.15) is 5.75 Å². The summed E-state index contributed by atoms with van der Waals surface area (Å²) in [4.78, 5) is 2.40. The van der Waals surface area contributed by atoms with Gasteiger partial charge in [-0.2, -0.15) is 0 Å². The second-order valence-corrected chi connectivity index (χ2v) is 6.09. The maximum atomic E-state index is 10.5. The lowest BCUT2D eigenvalue weighted by Crippen LogP contribution is -2.54. The monoisotopic (exact) mass is 263 g/mol. The normalized spacial score (nSPS) is 19.3. The molecule has 1 aliphatic heterocycles. The zero-order chi connectivity index (χ0) is 13.9. The maximum Gasteiger partial charge on any atom is 0.115 e. The van der Waals surface area contributed by atoms with Crippen LogP contribution < -0.4 is 0 Å². The summed E-state index contributed by atoms with van der Waals surface area (Å²) in [5.74, 6) is 0.272. The molecule has 1 unspecified atom stereocenters. The van der Waals surface area contributed by atoms with Crippen LogP contribution in [0.2, 0.25) is 0 Å². The molecule has 0 spiro atoms. The van der Waals surface area contributed by atoms with Crippen molar-refractivity contribution in [3.8, 4) is 5.75 Å². The van der Waals surface area contributed by atoms with Crippen LogP contribution in [0.25, 0.3) is 0 Å². The smallest absolute Gasteiger partial charge is 0.115 e. The quantitative estimate of drug-likeness (QED) is 0.877. The molecule has 1 atom stereocenters. The third-order valence-corrected chi connectivity index (χ3v) is 4.35. The molecule has 2 rings (SSSR count). The van der Waals surface area contributed by atoms with E-state index in [1.54, 1.807) is 12.1 Å². The van der Waals surface area contributed by atoms with E-state index in [4.69, 9.17) is 0 Å². The minimum Gasteiger partial charge on any atom is -0.508 e. The molecule has 0 aromatic heterocycles. The fourth-order valence-electron chi connectivity index (χ4n) is 2.79. The highest BCUT2D eigenvalue weighted by Gasteiger charge is 2.34. The van der Waals surface area contributed by atoms with Crippen molar-refractivity contribution in [3.05, 3.63) is 29.8 Å². The summed E-state index contributed by atoms with van der Waals surface area (Å²) in [6, 6.07) is 7.11. The summed E-state index contributed by atoms with van der Waals surface area (Å²) < 4.78 is 0. The Hall–Kier alpha value is -1.06. The molecular formula is C16H25NO2. The highest BCUT2D eigenvalue weighted by molar-refractivity contribution is 5.26. The van der Waals surface area contributed by atoms with E-state index >= 15 is 0 Å². The zero-order valence-corrected chi connectivity index (χ0v) is 12.0. The number of rotatable bonds is 4. The van der Waals surface area contributed by atoms with Gasteiger partial charge in [-0.1, -0.05) is 18.6 Å². The van der Waals surface area contributed by atoms with Gasteiger partial charge in [-0.05, 0) is 57.5 Å². The fourth-order valence-corrected chi connectivity index (χ4v) is 2.79. The van der Waals surface area contributed by atoms with Gasteiger partial charge in [-0.15, -0.1) is 0 Å². The summed E-state index contributed by atoms with van der Waals surface area (Å²) >= 11 is 0. The fraction of sp³-hybridized carbons (Fsp3) is 0.625. The molecule has 0 aliphatic carbocycles. The van der Waals surface area contributed by atoms with E-state index in [0.29, 0.717) is 6.42 Å². The average molecular weight is 263 g/mol. The molecule has 1 heterocycles. The van der Waals surface area contributed by atoms with E-state index in [9.17, 15) is 10.2 Å². The lowest BCUT2D eigenvalue weighted by atomic mass is 9.88. The van der Waals surface area contributed by atoms with E-state index in [-0.39, 0.29) is 11.3 Å². The molecule has 1 aromatic carbocycles. The summed E-state index contributed by atoms with van der Waals surface area (Å²) in [7, 11) is 0. The number of phenolic OH excluding ortho intramolecular Hbond substituents is 1. The molecule has 0 amide bonds. The zero-order valence-electron chi connectivity index (χ0n) is 12.0. The number of hydrogen-bond donors (Lipinski definition) is 2. The van der Waals surface area contributed by atoms with Crippen molar-refractivity contribution in [2.75, 3.05) is 13.1 Å². The summed E-state index contributed by atoms with van der Waals surface area (Å²) in [6.07, 6.45) is 4.00. The second-order valence-electron chi connectivity index (χ2n) is 6.09. The van der Waals surface area contributed by atoms with Gasteiger partial charge in [0.25, 0.3) is 0 Å². The number of hydrogen-bond acceptors (Lipinski definition) is 3. The Bertz CT molecular complexity index is 394. The third kappa shape index (κ3) is 3.48. The van der Waals surface area contributed by atoms with Crippen LogP contribution in [0.15, 0.2) is 24.3 Å². The number of likely N-dealkylation sites (tertiary alicyclic amines) is 1. The predicted molar refractivity (Wildman–Crippen MR) is 77.3 cm³/mol. The average Bonchev–Trinajstić information content (AvgIpc) is 2.42. The van der Waals surface area contributed by atoms with Crippen molar-refractivity contribution >= 4 is 0 Å². The van der Waals surface area contributed by atoms with E-state index in [1.807, 2.05) is 12.1 Å². The van der Waals surface area contributed by atoms with Gasteiger partial charge in [0, 0.05) is 12.0 Å². The molecular weight excluding hydrogens is 238 g/mol. The number of aliphatic hydroxyl groups excluding tert-OH is 1. The maximum absolute atomic E-state index is 10.5. The van der Waals surface area contributed by atoms with Crippen LogP contribution in [-0.2, 0) is 6.42 Å². The van der Waals surface area contributed by atoms with Crippen LogP contribution in [0, 0.1) is 0 Å². The number of phenols is 1. The lowest BCUT2D eigenvalue weighted by Gasteiger charge is -2.44. The standard InChI is InChI=1S/C16H25NO2/c1-16(2,17-10-4-3-5-11-17)15(19)12-13-6-8-14(18)9-7-13/h6-9,15,18-19H,3-5,10-12H2,1-2H3. The molecule has 0 saturated carbocycles.